The Bertz CT molecular complexity index is 1020. The lowest BCUT2D eigenvalue weighted by Crippen LogP contribution is -2.34. The average Bonchev–Trinajstić information content (AvgIpc) is 3.03. The quantitative estimate of drug-likeness (QED) is 0.554. The van der Waals surface area contributed by atoms with E-state index in [0.717, 1.165) is 29.7 Å². The van der Waals surface area contributed by atoms with E-state index in [9.17, 15) is 9.59 Å². The van der Waals surface area contributed by atoms with Crippen LogP contribution in [-0.2, 0) is 17.9 Å². The zero-order chi connectivity index (χ0) is 23.1. The highest BCUT2D eigenvalue weighted by molar-refractivity contribution is 6.05. The number of hydrogen-bond acceptors (Lipinski definition) is 5. The summed E-state index contributed by atoms with van der Waals surface area (Å²) in [6.07, 6.45) is 4.56. The molecule has 9 nitrogen and oxygen atoms in total. The average molecular weight is 439 g/mol. The molecule has 0 fully saturated rings. The van der Waals surface area contributed by atoms with Gasteiger partial charge in [0.25, 0.3) is 0 Å². The molecule has 0 saturated carbocycles. The molecule has 3 rings (SSSR count). The number of aromatic nitrogens is 2. The number of carbonyl (C=O) groups excluding carboxylic acids is 1. The minimum atomic E-state index is -1.05. The van der Waals surface area contributed by atoms with Gasteiger partial charge in [-0.3, -0.25) is 9.48 Å². The summed E-state index contributed by atoms with van der Waals surface area (Å²) in [7, 11) is 0. The third kappa shape index (κ3) is 5.75. The molecule has 2 aromatic rings. The minimum absolute atomic E-state index is 0.0114. The zero-order valence-electron chi connectivity index (χ0n) is 18.5. The molecule has 0 bridgehead atoms. The number of amides is 2. The van der Waals surface area contributed by atoms with Crippen LogP contribution in [0, 0.1) is 0 Å². The normalized spacial score (nSPS) is 12.9. The summed E-state index contributed by atoms with van der Waals surface area (Å²) >= 11 is 0. The zero-order valence-corrected chi connectivity index (χ0v) is 18.5. The van der Waals surface area contributed by atoms with E-state index >= 15 is 0 Å². The highest BCUT2D eigenvalue weighted by Gasteiger charge is 2.22. The van der Waals surface area contributed by atoms with Crippen LogP contribution >= 0.6 is 0 Å². The lowest BCUT2D eigenvalue weighted by atomic mass is 10.1. The number of amidine groups is 1. The lowest BCUT2D eigenvalue weighted by molar-refractivity contribution is -0.127. The smallest absolute Gasteiger partial charge is 0.404 e. The number of fused-ring (bicyclic) bond motifs is 1. The van der Waals surface area contributed by atoms with Gasteiger partial charge in [0.1, 0.15) is 11.5 Å². The molecular formula is C23H30N6O3. The van der Waals surface area contributed by atoms with E-state index in [2.05, 4.69) is 29.3 Å². The number of benzene rings is 1. The number of nitrogens with zero attached hydrogens (tertiary/aromatic N) is 4. The standard InChI is InChI=1S/C23H30N6O3/c1-3-9-28(10-4-2)22(30)18-11-20-19(27-21(24)12-18)14-26-29(20)15-17-7-5-16(6-8-17)13-25-23(31)32/h5-8,11,14,25H,3-4,9-10,12-13,15H2,1-2H3,(H2,24,27)(H,31,32). The van der Waals surface area contributed by atoms with Crippen molar-refractivity contribution in [3.63, 3.8) is 0 Å². The molecule has 0 aliphatic carbocycles. The topological polar surface area (TPSA) is 126 Å². The van der Waals surface area contributed by atoms with Crippen molar-refractivity contribution in [2.24, 2.45) is 10.7 Å². The molecule has 0 radical (unpaired) electrons. The molecule has 1 aliphatic rings. The predicted octanol–water partition coefficient (Wildman–Crippen LogP) is 3.12. The van der Waals surface area contributed by atoms with Gasteiger partial charge in [-0.05, 0) is 30.0 Å². The van der Waals surface area contributed by atoms with E-state index in [1.54, 1.807) is 10.9 Å². The van der Waals surface area contributed by atoms with Gasteiger partial charge >= 0.3 is 6.09 Å². The van der Waals surface area contributed by atoms with Crippen LogP contribution in [0.5, 0.6) is 0 Å². The molecule has 32 heavy (non-hydrogen) atoms. The molecule has 0 atom stereocenters. The van der Waals surface area contributed by atoms with Gasteiger partial charge in [0, 0.05) is 31.6 Å². The summed E-state index contributed by atoms with van der Waals surface area (Å²) in [5.74, 6) is 0.383. The van der Waals surface area contributed by atoms with Gasteiger partial charge in [-0.25, -0.2) is 9.79 Å². The van der Waals surface area contributed by atoms with Gasteiger partial charge in [-0.15, -0.1) is 0 Å². The van der Waals surface area contributed by atoms with Gasteiger partial charge in [0.15, 0.2) is 0 Å². The molecule has 1 aromatic heterocycles. The maximum Gasteiger partial charge on any atom is 0.404 e. The molecule has 2 amide bonds. The van der Waals surface area contributed by atoms with Crippen molar-refractivity contribution in [2.75, 3.05) is 13.1 Å². The Balaban J connectivity index is 1.84. The predicted molar refractivity (Wildman–Crippen MR) is 124 cm³/mol. The van der Waals surface area contributed by atoms with Crippen molar-refractivity contribution < 1.29 is 14.7 Å². The third-order valence-electron chi connectivity index (χ3n) is 5.15. The Morgan fingerprint density at radius 1 is 1.16 bits per heavy atom. The van der Waals surface area contributed by atoms with Crippen LogP contribution in [0.15, 0.2) is 41.0 Å². The highest BCUT2D eigenvalue weighted by Crippen LogP contribution is 2.27. The molecule has 1 aromatic carbocycles. The third-order valence-corrected chi connectivity index (χ3v) is 5.15. The summed E-state index contributed by atoms with van der Waals surface area (Å²) in [4.78, 5) is 30.2. The first-order valence-electron chi connectivity index (χ1n) is 10.8. The van der Waals surface area contributed by atoms with Crippen LogP contribution in [0.4, 0.5) is 10.5 Å². The van der Waals surface area contributed by atoms with Crippen molar-refractivity contribution >= 4 is 29.6 Å². The summed E-state index contributed by atoms with van der Waals surface area (Å²) in [5.41, 5.74) is 9.98. The van der Waals surface area contributed by atoms with Gasteiger partial charge < -0.3 is 21.1 Å². The van der Waals surface area contributed by atoms with Crippen molar-refractivity contribution in [1.82, 2.24) is 20.0 Å². The fraction of sp³-hybridized carbons (Fsp3) is 0.391. The Kier molecular flexibility index (Phi) is 7.64. The first-order valence-corrected chi connectivity index (χ1v) is 10.8. The van der Waals surface area contributed by atoms with Crippen molar-refractivity contribution in [3.05, 3.63) is 52.9 Å². The summed E-state index contributed by atoms with van der Waals surface area (Å²) in [6, 6.07) is 7.62. The van der Waals surface area contributed by atoms with Crippen molar-refractivity contribution in [1.29, 1.82) is 0 Å². The largest absolute Gasteiger partial charge is 0.465 e. The Hall–Kier alpha value is -3.62. The number of hydrogen-bond donors (Lipinski definition) is 3. The van der Waals surface area contributed by atoms with Crippen LogP contribution in [0.1, 0.15) is 49.9 Å². The second-order valence-corrected chi connectivity index (χ2v) is 7.79. The number of aliphatic imine (C=N–C) groups is 1. The fourth-order valence-electron chi connectivity index (χ4n) is 3.66. The van der Waals surface area contributed by atoms with Crippen molar-refractivity contribution in [3.8, 4) is 0 Å². The minimum Gasteiger partial charge on any atom is -0.465 e. The SMILES string of the molecule is CCCN(CCC)C(=O)C1=Cc2c(cnn2Cc2ccc(CNC(=O)O)cc2)N=C(N)C1. The maximum atomic E-state index is 13.2. The van der Waals surface area contributed by atoms with E-state index in [4.69, 9.17) is 10.8 Å². The van der Waals surface area contributed by atoms with Crippen LogP contribution in [0.3, 0.4) is 0 Å². The first kappa shape index (κ1) is 23.1. The van der Waals surface area contributed by atoms with Crippen LogP contribution in [-0.4, -0.2) is 50.7 Å². The molecule has 9 heteroatoms. The number of carboxylic acid groups (broad SMARTS) is 1. The van der Waals surface area contributed by atoms with Crippen molar-refractivity contribution in [2.45, 2.75) is 46.2 Å². The van der Waals surface area contributed by atoms with E-state index in [-0.39, 0.29) is 12.5 Å². The number of carbonyl (C=O) groups is 2. The second kappa shape index (κ2) is 10.6. The summed E-state index contributed by atoms with van der Waals surface area (Å²) in [5, 5.41) is 15.5. The highest BCUT2D eigenvalue weighted by atomic mass is 16.4. The Labute approximate surface area is 187 Å². The molecular weight excluding hydrogens is 408 g/mol. The van der Waals surface area contributed by atoms with Gasteiger partial charge in [0.05, 0.1) is 18.4 Å². The van der Waals surface area contributed by atoms with Gasteiger partial charge in [0.2, 0.25) is 5.91 Å². The molecule has 170 valence electrons. The summed E-state index contributed by atoms with van der Waals surface area (Å²) < 4.78 is 1.80. The van der Waals surface area contributed by atoms with E-state index < -0.39 is 6.09 Å². The number of nitrogens with two attached hydrogens (primary N) is 1. The van der Waals surface area contributed by atoms with Crippen LogP contribution < -0.4 is 11.1 Å². The number of rotatable bonds is 9. The lowest BCUT2D eigenvalue weighted by Gasteiger charge is -2.22. The first-order chi connectivity index (χ1) is 15.4. The summed E-state index contributed by atoms with van der Waals surface area (Å²) in [6.45, 7) is 6.27. The molecule has 4 N–H and O–H groups in total. The van der Waals surface area contributed by atoms with Gasteiger partial charge in [-0.2, -0.15) is 5.10 Å². The molecule has 0 unspecified atom stereocenters. The monoisotopic (exact) mass is 438 g/mol. The van der Waals surface area contributed by atoms with E-state index in [1.165, 1.54) is 0 Å². The second-order valence-electron chi connectivity index (χ2n) is 7.79. The molecule has 0 spiro atoms. The van der Waals surface area contributed by atoms with Gasteiger partial charge in [-0.1, -0.05) is 38.1 Å². The Morgan fingerprint density at radius 2 is 1.81 bits per heavy atom. The number of nitrogens with one attached hydrogen (secondary N) is 1. The molecule has 0 saturated heterocycles. The molecule has 1 aliphatic heterocycles. The molecule has 2 heterocycles. The van der Waals surface area contributed by atoms with Crippen LogP contribution in [0.25, 0.3) is 6.08 Å². The van der Waals surface area contributed by atoms with Crippen LogP contribution in [0.2, 0.25) is 0 Å². The maximum absolute atomic E-state index is 13.2. The van der Waals surface area contributed by atoms with E-state index in [0.29, 0.717) is 43.2 Å². The van der Waals surface area contributed by atoms with E-state index in [1.807, 2.05) is 35.2 Å². The fourth-order valence-corrected chi connectivity index (χ4v) is 3.66. The Morgan fingerprint density at radius 3 is 2.44 bits per heavy atom.